The topological polar surface area (TPSA) is 46.2 Å². The van der Waals surface area contributed by atoms with Crippen molar-refractivity contribution >= 4 is 10.0 Å². The molecule has 3 nitrogen and oxygen atoms in total. The van der Waals surface area contributed by atoms with E-state index in [1.807, 2.05) is 0 Å². The zero-order valence-corrected chi connectivity index (χ0v) is 10.4. The maximum absolute atomic E-state index is 12.7. The van der Waals surface area contributed by atoms with Crippen LogP contribution in [0.5, 0.6) is 0 Å². The van der Waals surface area contributed by atoms with Gasteiger partial charge in [0.1, 0.15) is 0 Å². The number of hydrogen-bond donors (Lipinski definition) is 1. The summed E-state index contributed by atoms with van der Waals surface area (Å²) < 4.78 is 63.6. The van der Waals surface area contributed by atoms with Crippen molar-refractivity contribution in [1.29, 1.82) is 0 Å². The molecule has 0 bridgehead atoms. The molecule has 0 radical (unpaired) electrons. The van der Waals surface area contributed by atoms with Crippen molar-refractivity contribution in [3.8, 4) is 0 Å². The highest BCUT2D eigenvalue weighted by atomic mass is 32.2. The molecule has 18 heavy (non-hydrogen) atoms. The van der Waals surface area contributed by atoms with Gasteiger partial charge in [-0.3, -0.25) is 0 Å². The van der Waals surface area contributed by atoms with Gasteiger partial charge in [0.25, 0.3) is 0 Å². The van der Waals surface area contributed by atoms with Gasteiger partial charge >= 0.3 is 6.18 Å². The van der Waals surface area contributed by atoms with Crippen molar-refractivity contribution in [3.05, 3.63) is 42.0 Å². The number of hydrogen-bond acceptors (Lipinski definition) is 2. The highest BCUT2D eigenvalue weighted by Crippen LogP contribution is 2.33. The van der Waals surface area contributed by atoms with Crippen LogP contribution in [0, 0.1) is 0 Å². The molecule has 0 unspecified atom stereocenters. The van der Waals surface area contributed by atoms with E-state index in [1.54, 1.807) is 6.92 Å². The maximum atomic E-state index is 12.7. The highest BCUT2D eigenvalue weighted by molar-refractivity contribution is 7.89. The van der Waals surface area contributed by atoms with E-state index in [9.17, 15) is 21.6 Å². The quantitative estimate of drug-likeness (QED) is 0.861. The van der Waals surface area contributed by atoms with Gasteiger partial charge in [-0.2, -0.15) is 13.2 Å². The molecule has 0 heterocycles. The first kappa shape index (κ1) is 14.7. The van der Waals surface area contributed by atoms with Gasteiger partial charge in [0.05, 0.1) is 10.5 Å². The Kier molecular flexibility index (Phi) is 4.18. The summed E-state index contributed by atoms with van der Waals surface area (Å²) in [4.78, 5) is -0.779. The first-order valence-corrected chi connectivity index (χ1v) is 6.43. The predicted molar refractivity (Wildman–Crippen MR) is 61.4 cm³/mol. The monoisotopic (exact) mass is 279 g/mol. The third-order valence-electron chi connectivity index (χ3n) is 2.05. The van der Waals surface area contributed by atoms with E-state index in [4.69, 9.17) is 0 Å². The predicted octanol–water partition coefficient (Wildman–Crippen LogP) is 2.56. The number of alkyl halides is 3. The number of nitrogens with one attached hydrogen (secondary N) is 1. The first-order valence-electron chi connectivity index (χ1n) is 4.95. The summed E-state index contributed by atoms with van der Waals surface area (Å²) in [7, 11) is -4.20. The lowest BCUT2D eigenvalue weighted by atomic mass is 10.2. The summed E-state index contributed by atoms with van der Waals surface area (Å²) in [6, 6.07) is 4.03. The minimum atomic E-state index is -4.71. The molecule has 0 fully saturated rings. The second-order valence-corrected chi connectivity index (χ2v) is 5.51. The fourth-order valence-electron chi connectivity index (χ4n) is 1.23. The molecular weight excluding hydrogens is 267 g/mol. The summed E-state index contributed by atoms with van der Waals surface area (Å²) in [5.74, 6) is 0. The van der Waals surface area contributed by atoms with Crippen molar-refractivity contribution in [2.45, 2.75) is 18.0 Å². The SMILES string of the molecule is C=C(C)CNS(=O)(=O)c1ccccc1C(F)(F)F. The fraction of sp³-hybridized carbons (Fsp3) is 0.273. The van der Waals surface area contributed by atoms with Gasteiger partial charge in [-0.15, -0.1) is 0 Å². The molecule has 1 N–H and O–H groups in total. The van der Waals surface area contributed by atoms with Gasteiger partial charge in [-0.1, -0.05) is 24.3 Å². The molecule has 1 aromatic carbocycles. The van der Waals surface area contributed by atoms with Crippen LogP contribution < -0.4 is 4.72 Å². The largest absolute Gasteiger partial charge is 0.417 e. The third-order valence-corrected chi connectivity index (χ3v) is 3.51. The van der Waals surface area contributed by atoms with E-state index in [1.165, 1.54) is 6.07 Å². The molecule has 1 rings (SSSR count). The van der Waals surface area contributed by atoms with Crippen LogP contribution in [0.1, 0.15) is 12.5 Å². The molecule has 0 aliphatic carbocycles. The molecule has 0 atom stereocenters. The lowest BCUT2D eigenvalue weighted by Crippen LogP contribution is -2.27. The van der Waals surface area contributed by atoms with Crippen LogP contribution in [0.25, 0.3) is 0 Å². The Balaban J connectivity index is 3.21. The standard InChI is InChI=1S/C11H12F3NO2S/c1-8(2)7-15-18(16,17)10-6-4-3-5-9(10)11(12,13)14/h3-6,15H,1,7H2,2H3. The van der Waals surface area contributed by atoms with Crippen LogP contribution in [-0.4, -0.2) is 15.0 Å². The van der Waals surface area contributed by atoms with E-state index < -0.39 is 26.7 Å². The molecule has 0 aliphatic rings. The Bertz CT molecular complexity index is 550. The Morgan fingerprint density at radius 2 is 1.89 bits per heavy atom. The Hall–Kier alpha value is -1.34. The van der Waals surface area contributed by atoms with Gasteiger partial charge in [0.15, 0.2) is 0 Å². The second-order valence-electron chi connectivity index (χ2n) is 3.78. The zero-order valence-electron chi connectivity index (χ0n) is 9.58. The van der Waals surface area contributed by atoms with Crippen LogP contribution in [-0.2, 0) is 16.2 Å². The van der Waals surface area contributed by atoms with Crippen LogP contribution >= 0.6 is 0 Å². The molecule has 1 aromatic rings. The first-order chi connectivity index (χ1) is 8.14. The lowest BCUT2D eigenvalue weighted by Gasteiger charge is -2.13. The minimum absolute atomic E-state index is 0.103. The van der Waals surface area contributed by atoms with Crippen LogP contribution in [0.4, 0.5) is 13.2 Å². The third kappa shape index (κ3) is 3.58. The van der Waals surface area contributed by atoms with Gasteiger partial charge < -0.3 is 0 Å². The average molecular weight is 279 g/mol. The van der Waals surface area contributed by atoms with Gasteiger partial charge in [-0.05, 0) is 19.1 Å². The molecule has 0 saturated heterocycles. The Labute approximate surface area is 103 Å². The van der Waals surface area contributed by atoms with Gasteiger partial charge in [-0.25, -0.2) is 13.1 Å². The molecule has 7 heteroatoms. The van der Waals surface area contributed by atoms with Crippen molar-refractivity contribution in [2.24, 2.45) is 0 Å². The molecule has 0 saturated carbocycles. The minimum Gasteiger partial charge on any atom is -0.207 e. The van der Waals surface area contributed by atoms with E-state index >= 15 is 0 Å². The number of sulfonamides is 1. The fourth-order valence-corrected chi connectivity index (χ4v) is 2.55. The molecule has 100 valence electrons. The van der Waals surface area contributed by atoms with Crippen LogP contribution in [0.3, 0.4) is 0 Å². The summed E-state index contributed by atoms with van der Waals surface area (Å²) in [6.07, 6.45) is -4.71. The Morgan fingerprint density at radius 3 is 2.39 bits per heavy atom. The molecule has 0 aliphatic heterocycles. The van der Waals surface area contributed by atoms with Gasteiger partial charge in [0, 0.05) is 6.54 Å². The summed E-state index contributed by atoms with van der Waals surface area (Å²) >= 11 is 0. The summed E-state index contributed by atoms with van der Waals surface area (Å²) in [5, 5.41) is 0. The van der Waals surface area contributed by atoms with E-state index in [0.717, 1.165) is 18.2 Å². The molecule has 0 amide bonds. The van der Waals surface area contributed by atoms with Crippen molar-refractivity contribution in [3.63, 3.8) is 0 Å². The van der Waals surface area contributed by atoms with E-state index in [-0.39, 0.29) is 6.54 Å². The Morgan fingerprint density at radius 1 is 1.33 bits per heavy atom. The van der Waals surface area contributed by atoms with E-state index in [2.05, 4.69) is 11.3 Å². The zero-order chi connectivity index (χ0) is 14.0. The van der Waals surface area contributed by atoms with E-state index in [0.29, 0.717) is 5.57 Å². The van der Waals surface area contributed by atoms with Gasteiger partial charge in [0.2, 0.25) is 10.0 Å². The normalized spacial score (nSPS) is 12.4. The second kappa shape index (κ2) is 5.11. The molecule has 0 aromatic heterocycles. The number of halogens is 3. The van der Waals surface area contributed by atoms with Crippen molar-refractivity contribution in [1.82, 2.24) is 4.72 Å². The van der Waals surface area contributed by atoms with Crippen LogP contribution in [0.2, 0.25) is 0 Å². The number of rotatable bonds is 4. The van der Waals surface area contributed by atoms with Crippen molar-refractivity contribution in [2.75, 3.05) is 6.54 Å². The lowest BCUT2D eigenvalue weighted by molar-refractivity contribution is -0.139. The van der Waals surface area contributed by atoms with Crippen LogP contribution in [0.15, 0.2) is 41.3 Å². The number of benzene rings is 1. The molecular formula is C11H12F3NO2S. The highest BCUT2D eigenvalue weighted by Gasteiger charge is 2.36. The maximum Gasteiger partial charge on any atom is 0.417 e. The summed E-state index contributed by atoms with van der Waals surface area (Å²) in [5.41, 5.74) is -0.678. The summed E-state index contributed by atoms with van der Waals surface area (Å²) in [6.45, 7) is 4.94. The van der Waals surface area contributed by atoms with Crippen molar-refractivity contribution < 1.29 is 21.6 Å². The smallest absolute Gasteiger partial charge is 0.207 e. The average Bonchev–Trinajstić information content (AvgIpc) is 2.25. The molecule has 0 spiro atoms.